The highest BCUT2D eigenvalue weighted by molar-refractivity contribution is 6.18. The second-order valence-electron chi connectivity index (χ2n) is 8.35. The van der Waals surface area contributed by atoms with Gasteiger partial charge >= 0.3 is 0 Å². The lowest BCUT2D eigenvalue weighted by Gasteiger charge is -2.17. The molecule has 3 heteroatoms. The molecule has 5 rings (SSSR count). The molecule has 0 radical (unpaired) electrons. The Morgan fingerprint density at radius 3 is 2.29 bits per heavy atom. The number of rotatable bonds is 6. The molecule has 1 aliphatic heterocycles. The average Bonchev–Trinajstić information content (AvgIpc) is 3.44. The van der Waals surface area contributed by atoms with Gasteiger partial charge < -0.3 is 4.90 Å². The molecule has 1 aliphatic carbocycles. The number of hydrogen-bond acceptors (Lipinski definition) is 2. The number of benzene rings is 3. The Morgan fingerprint density at radius 1 is 0.935 bits per heavy atom. The molecule has 1 amide bonds. The van der Waals surface area contributed by atoms with Crippen LogP contribution in [0.5, 0.6) is 0 Å². The first-order valence-electron chi connectivity index (χ1n) is 10.9. The first-order chi connectivity index (χ1) is 15.2. The summed E-state index contributed by atoms with van der Waals surface area (Å²) in [5.74, 6) is -0.432. The molecule has 1 heterocycles. The molecule has 0 bridgehead atoms. The maximum absolute atomic E-state index is 13.8. The van der Waals surface area contributed by atoms with Gasteiger partial charge in [-0.25, -0.2) is 0 Å². The second kappa shape index (κ2) is 7.66. The molecule has 0 N–H and O–H groups in total. The molecular weight excluding hydrogens is 382 g/mol. The van der Waals surface area contributed by atoms with Gasteiger partial charge in [0, 0.05) is 29.6 Å². The lowest BCUT2D eigenvalue weighted by Crippen LogP contribution is -2.35. The van der Waals surface area contributed by atoms with E-state index in [1.807, 2.05) is 95.9 Å². The Labute approximate surface area is 183 Å². The Hall–Kier alpha value is -3.46. The summed E-state index contributed by atoms with van der Waals surface area (Å²) in [5, 5.41) is 0. The number of hydrogen-bond donors (Lipinski definition) is 0. The van der Waals surface area contributed by atoms with Crippen molar-refractivity contribution in [2.45, 2.75) is 18.8 Å². The Morgan fingerprint density at radius 2 is 1.58 bits per heavy atom. The minimum Gasteiger partial charge on any atom is -0.311 e. The van der Waals surface area contributed by atoms with Crippen LogP contribution in [0.2, 0.25) is 0 Å². The van der Waals surface area contributed by atoms with Crippen molar-refractivity contribution in [2.24, 2.45) is 11.8 Å². The van der Waals surface area contributed by atoms with Gasteiger partial charge in [-0.2, -0.15) is 0 Å². The number of ketones is 1. The predicted molar refractivity (Wildman–Crippen MR) is 124 cm³/mol. The molecule has 154 valence electrons. The summed E-state index contributed by atoms with van der Waals surface area (Å²) in [6, 6.07) is 27.4. The van der Waals surface area contributed by atoms with Gasteiger partial charge in [-0.1, -0.05) is 97.9 Å². The van der Waals surface area contributed by atoms with Gasteiger partial charge in [-0.3, -0.25) is 9.59 Å². The summed E-state index contributed by atoms with van der Waals surface area (Å²) >= 11 is 0. The molecule has 2 unspecified atom stereocenters. The number of allylic oxidation sites excluding steroid dienone is 1. The van der Waals surface area contributed by atoms with Crippen molar-refractivity contribution in [1.29, 1.82) is 0 Å². The summed E-state index contributed by atoms with van der Waals surface area (Å²) in [5.41, 5.74) is 2.88. The van der Waals surface area contributed by atoms with Crippen LogP contribution >= 0.6 is 0 Å². The van der Waals surface area contributed by atoms with Gasteiger partial charge in [0.2, 0.25) is 5.91 Å². The first-order valence-corrected chi connectivity index (χ1v) is 10.9. The van der Waals surface area contributed by atoms with Crippen molar-refractivity contribution in [3.8, 4) is 0 Å². The third-order valence-corrected chi connectivity index (χ3v) is 6.59. The van der Waals surface area contributed by atoms with Crippen molar-refractivity contribution in [1.82, 2.24) is 0 Å². The monoisotopic (exact) mass is 407 g/mol. The number of anilines is 1. The van der Waals surface area contributed by atoms with Crippen LogP contribution in [0.4, 0.5) is 5.69 Å². The molecule has 3 aromatic carbocycles. The number of fused-ring (bicyclic) bond motifs is 2. The summed E-state index contributed by atoms with van der Waals surface area (Å²) < 4.78 is 0. The number of Topliss-reactive ketones (excluding diaryl/α,β-unsaturated/α-hetero) is 1. The van der Waals surface area contributed by atoms with Crippen molar-refractivity contribution >= 4 is 23.5 Å². The van der Waals surface area contributed by atoms with Crippen LogP contribution in [0.1, 0.15) is 34.8 Å². The van der Waals surface area contributed by atoms with Gasteiger partial charge in [-0.05, 0) is 23.6 Å². The fraction of sp³-hybridized carbons (Fsp3) is 0.214. The molecular formula is C28H25NO2. The quantitative estimate of drug-likeness (QED) is 0.504. The molecule has 0 saturated heterocycles. The maximum Gasteiger partial charge on any atom is 0.239 e. The molecule has 3 aromatic rings. The van der Waals surface area contributed by atoms with Crippen LogP contribution in [0.15, 0.2) is 91.0 Å². The third kappa shape index (κ3) is 2.96. The Balaban J connectivity index is 1.61. The predicted octanol–water partition coefficient (Wildman–Crippen LogP) is 5.52. The number of carbonyl (C=O) groups excluding carboxylic acids is 2. The van der Waals surface area contributed by atoms with Crippen molar-refractivity contribution in [3.05, 3.63) is 108 Å². The summed E-state index contributed by atoms with van der Waals surface area (Å²) in [4.78, 5) is 29.3. The molecule has 31 heavy (non-hydrogen) atoms. The highest BCUT2D eigenvalue weighted by atomic mass is 16.2. The van der Waals surface area contributed by atoms with Crippen LogP contribution < -0.4 is 4.90 Å². The van der Waals surface area contributed by atoms with E-state index in [0.29, 0.717) is 12.1 Å². The maximum atomic E-state index is 13.8. The van der Waals surface area contributed by atoms with E-state index in [-0.39, 0.29) is 23.5 Å². The van der Waals surface area contributed by atoms with Crippen LogP contribution in [0.25, 0.3) is 6.08 Å². The molecule has 3 atom stereocenters. The van der Waals surface area contributed by atoms with Gasteiger partial charge in [0.1, 0.15) is 0 Å². The van der Waals surface area contributed by atoms with Crippen molar-refractivity contribution in [2.75, 3.05) is 11.4 Å². The van der Waals surface area contributed by atoms with E-state index >= 15 is 0 Å². The van der Waals surface area contributed by atoms with E-state index in [4.69, 9.17) is 0 Å². The zero-order valence-corrected chi connectivity index (χ0v) is 17.6. The minimum absolute atomic E-state index is 0.0461. The van der Waals surface area contributed by atoms with Gasteiger partial charge in [-0.15, -0.1) is 0 Å². The second-order valence-corrected chi connectivity index (χ2v) is 8.35. The molecule has 0 aromatic heterocycles. The number of para-hydroxylation sites is 1. The van der Waals surface area contributed by atoms with E-state index in [1.165, 1.54) is 0 Å². The average molecular weight is 408 g/mol. The number of carbonyl (C=O) groups is 2. The molecule has 2 aliphatic rings. The largest absolute Gasteiger partial charge is 0.311 e. The van der Waals surface area contributed by atoms with Crippen molar-refractivity contribution < 1.29 is 9.59 Å². The smallest absolute Gasteiger partial charge is 0.239 e. The van der Waals surface area contributed by atoms with Gasteiger partial charge in [0.05, 0.1) is 5.41 Å². The zero-order valence-electron chi connectivity index (χ0n) is 17.6. The number of amides is 1. The van der Waals surface area contributed by atoms with Crippen LogP contribution in [-0.2, 0) is 10.2 Å². The van der Waals surface area contributed by atoms with E-state index in [1.54, 1.807) is 0 Å². The van der Waals surface area contributed by atoms with E-state index in [9.17, 15) is 9.59 Å². The molecule has 1 fully saturated rings. The standard InChI is InChI=1S/C28H25NO2/c1-2-19-29-24-16-10-9-15-22(24)28(27(29)31)23(18-17-20-11-5-3-6-12-20)25(28)26(30)21-13-7-4-8-14-21/h3-18,23,25H,2,19H2,1H3/b18-17+/t23?,25?,28-/m0/s1. The van der Waals surface area contributed by atoms with Gasteiger partial charge in [0.15, 0.2) is 5.78 Å². The lowest BCUT2D eigenvalue weighted by atomic mass is 9.91. The summed E-state index contributed by atoms with van der Waals surface area (Å²) in [6.45, 7) is 2.74. The topological polar surface area (TPSA) is 37.4 Å². The van der Waals surface area contributed by atoms with E-state index in [2.05, 4.69) is 13.0 Å². The van der Waals surface area contributed by atoms with Crippen LogP contribution in [0.3, 0.4) is 0 Å². The summed E-state index contributed by atoms with van der Waals surface area (Å²) in [6.07, 6.45) is 4.99. The number of nitrogens with zero attached hydrogens (tertiary/aromatic N) is 1. The summed E-state index contributed by atoms with van der Waals surface area (Å²) in [7, 11) is 0. The fourth-order valence-corrected chi connectivity index (χ4v) is 5.18. The van der Waals surface area contributed by atoms with Crippen LogP contribution in [0, 0.1) is 11.8 Å². The lowest BCUT2D eigenvalue weighted by molar-refractivity contribution is -0.120. The minimum atomic E-state index is -0.802. The van der Waals surface area contributed by atoms with Crippen LogP contribution in [-0.4, -0.2) is 18.2 Å². The third-order valence-electron chi connectivity index (χ3n) is 6.59. The Kier molecular flexibility index (Phi) is 4.82. The first kappa shape index (κ1) is 19.5. The SMILES string of the molecule is CCCN1C(=O)[C@@]2(c3ccccc31)C(/C=C/c1ccccc1)C2C(=O)c1ccccc1. The van der Waals surface area contributed by atoms with E-state index < -0.39 is 5.41 Å². The molecule has 1 spiro atoms. The highest BCUT2D eigenvalue weighted by Gasteiger charge is 2.75. The van der Waals surface area contributed by atoms with Crippen molar-refractivity contribution in [3.63, 3.8) is 0 Å². The zero-order chi connectivity index (χ0) is 21.4. The molecule has 3 nitrogen and oxygen atoms in total. The van der Waals surface area contributed by atoms with Gasteiger partial charge in [0.25, 0.3) is 0 Å². The highest BCUT2D eigenvalue weighted by Crippen LogP contribution is 2.67. The molecule has 1 saturated carbocycles. The normalized spacial score (nSPS) is 24.0. The van der Waals surface area contributed by atoms with E-state index in [0.717, 1.165) is 23.2 Å². The Bertz CT molecular complexity index is 1150. The fourth-order valence-electron chi connectivity index (χ4n) is 5.18.